The summed E-state index contributed by atoms with van der Waals surface area (Å²) in [5.74, 6) is 1.21. The molecule has 1 fully saturated rings. The van der Waals surface area contributed by atoms with E-state index in [1.54, 1.807) is 36.0 Å². The smallest absolute Gasteiger partial charge is 0.253 e. The molecule has 25 heavy (non-hydrogen) atoms. The molecule has 1 saturated heterocycles. The zero-order chi connectivity index (χ0) is 16.8. The van der Waals surface area contributed by atoms with Gasteiger partial charge in [-0.2, -0.15) is 0 Å². The van der Waals surface area contributed by atoms with Gasteiger partial charge in [-0.15, -0.1) is 24.2 Å². The number of nitrogens with one attached hydrogen (secondary N) is 3. The van der Waals surface area contributed by atoms with E-state index in [4.69, 9.17) is 0 Å². The molecule has 1 unspecified atom stereocenters. The van der Waals surface area contributed by atoms with E-state index in [-0.39, 0.29) is 30.3 Å². The molecule has 0 spiro atoms. The first-order valence-corrected chi connectivity index (χ1v) is 8.92. The summed E-state index contributed by atoms with van der Waals surface area (Å²) < 4.78 is 0. The van der Waals surface area contributed by atoms with Gasteiger partial charge in [0.05, 0.1) is 17.3 Å². The monoisotopic (exact) mass is 377 g/mol. The number of rotatable bonds is 5. The normalized spacial score (nSPS) is 15.9. The van der Waals surface area contributed by atoms with Crippen LogP contribution in [0.5, 0.6) is 0 Å². The Morgan fingerprint density at radius 1 is 1.08 bits per heavy atom. The predicted octanol–water partition coefficient (Wildman–Crippen LogP) is 2.64. The van der Waals surface area contributed by atoms with Crippen molar-refractivity contribution < 1.29 is 9.59 Å². The highest BCUT2D eigenvalue weighted by Crippen LogP contribution is 2.17. The van der Waals surface area contributed by atoms with Gasteiger partial charge in [0, 0.05) is 18.2 Å². The van der Waals surface area contributed by atoms with Crippen LogP contribution in [0.25, 0.3) is 0 Å². The lowest BCUT2D eigenvalue weighted by molar-refractivity contribution is -0.117. The van der Waals surface area contributed by atoms with Crippen LogP contribution in [-0.4, -0.2) is 29.5 Å². The molecular formula is C18H20ClN3O2S. The van der Waals surface area contributed by atoms with Crippen LogP contribution in [0.2, 0.25) is 0 Å². The summed E-state index contributed by atoms with van der Waals surface area (Å²) in [6, 6.07) is 16.6. The van der Waals surface area contributed by atoms with E-state index in [2.05, 4.69) is 16.0 Å². The van der Waals surface area contributed by atoms with Crippen molar-refractivity contribution in [1.29, 1.82) is 0 Å². The van der Waals surface area contributed by atoms with E-state index in [0.29, 0.717) is 17.8 Å². The van der Waals surface area contributed by atoms with Crippen molar-refractivity contribution >= 4 is 41.7 Å². The molecule has 0 saturated carbocycles. The highest BCUT2D eigenvalue weighted by atomic mass is 35.5. The van der Waals surface area contributed by atoms with Crippen LogP contribution in [0, 0.1) is 0 Å². The van der Waals surface area contributed by atoms with Crippen LogP contribution < -0.4 is 16.0 Å². The zero-order valence-electron chi connectivity index (χ0n) is 13.5. The van der Waals surface area contributed by atoms with Crippen molar-refractivity contribution in [2.75, 3.05) is 16.9 Å². The van der Waals surface area contributed by atoms with Gasteiger partial charge in [-0.1, -0.05) is 42.5 Å². The molecule has 0 aliphatic carbocycles. The number of benzene rings is 2. The van der Waals surface area contributed by atoms with Crippen molar-refractivity contribution in [1.82, 2.24) is 10.6 Å². The SMILES string of the molecule is Cl.O=C(NCc1ccccc1)c1ccccc1NC(=O)C1CSCN1. The van der Waals surface area contributed by atoms with E-state index in [1.807, 2.05) is 30.3 Å². The second-order valence-electron chi connectivity index (χ2n) is 5.47. The largest absolute Gasteiger partial charge is 0.348 e. The minimum atomic E-state index is -0.213. The minimum Gasteiger partial charge on any atom is -0.348 e. The molecular weight excluding hydrogens is 358 g/mol. The van der Waals surface area contributed by atoms with Crippen LogP contribution in [-0.2, 0) is 11.3 Å². The molecule has 5 nitrogen and oxygen atoms in total. The lowest BCUT2D eigenvalue weighted by Gasteiger charge is -2.14. The number of carbonyl (C=O) groups excluding carboxylic acids is 2. The molecule has 2 amide bonds. The van der Waals surface area contributed by atoms with Crippen molar-refractivity contribution in [3.8, 4) is 0 Å². The van der Waals surface area contributed by atoms with Crippen molar-refractivity contribution in [3.05, 3.63) is 65.7 Å². The fraction of sp³-hybridized carbons (Fsp3) is 0.222. The van der Waals surface area contributed by atoms with Crippen LogP contribution in [0.4, 0.5) is 5.69 Å². The van der Waals surface area contributed by atoms with Gasteiger partial charge in [0.2, 0.25) is 5.91 Å². The molecule has 1 atom stereocenters. The van der Waals surface area contributed by atoms with E-state index in [9.17, 15) is 9.59 Å². The topological polar surface area (TPSA) is 70.2 Å². The highest BCUT2D eigenvalue weighted by Gasteiger charge is 2.23. The van der Waals surface area contributed by atoms with Gasteiger partial charge >= 0.3 is 0 Å². The van der Waals surface area contributed by atoms with Gasteiger partial charge in [0.25, 0.3) is 5.91 Å². The molecule has 2 aromatic rings. The molecule has 3 N–H and O–H groups in total. The number of halogens is 1. The number of thioether (sulfide) groups is 1. The molecule has 7 heteroatoms. The average molecular weight is 378 g/mol. The Morgan fingerprint density at radius 2 is 1.80 bits per heavy atom. The highest BCUT2D eigenvalue weighted by molar-refractivity contribution is 7.99. The maximum Gasteiger partial charge on any atom is 0.253 e. The molecule has 1 aliphatic heterocycles. The standard InChI is InChI=1S/C18H19N3O2S.ClH/c22-17(19-10-13-6-2-1-3-7-13)14-8-4-5-9-15(14)21-18(23)16-11-24-12-20-16;/h1-9,16,20H,10-12H2,(H,19,22)(H,21,23);1H. The Hall–Kier alpha value is -2.02. The molecule has 132 valence electrons. The number of amides is 2. The van der Waals surface area contributed by atoms with Crippen LogP contribution in [0.3, 0.4) is 0 Å². The molecule has 1 heterocycles. The molecule has 3 rings (SSSR count). The van der Waals surface area contributed by atoms with Gasteiger partial charge in [-0.3, -0.25) is 14.9 Å². The first-order valence-electron chi connectivity index (χ1n) is 7.77. The van der Waals surface area contributed by atoms with E-state index in [0.717, 1.165) is 17.2 Å². The Morgan fingerprint density at radius 3 is 2.52 bits per heavy atom. The predicted molar refractivity (Wildman–Crippen MR) is 104 cm³/mol. The molecule has 0 bridgehead atoms. The van der Waals surface area contributed by atoms with E-state index < -0.39 is 0 Å². The Balaban J connectivity index is 0.00000225. The van der Waals surface area contributed by atoms with Gasteiger partial charge in [-0.05, 0) is 17.7 Å². The second-order valence-corrected chi connectivity index (χ2v) is 6.51. The van der Waals surface area contributed by atoms with Gasteiger partial charge in [0.1, 0.15) is 0 Å². The fourth-order valence-corrected chi connectivity index (χ4v) is 3.39. The molecule has 2 aromatic carbocycles. The number of para-hydroxylation sites is 1. The first kappa shape index (κ1) is 19.3. The van der Waals surface area contributed by atoms with Crippen molar-refractivity contribution in [2.24, 2.45) is 0 Å². The average Bonchev–Trinajstić information content (AvgIpc) is 3.16. The van der Waals surface area contributed by atoms with Crippen molar-refractivity contribution in [3.63, 3.8) is 0 Å². The maximum atomic E-state index is 12.5. The fourth-order valence-electron chi connectivity index (χ4n) is 2.45. The molecule has 1 aliphatic rings. The van der Waals surface area contributed by atoms with Gasteiger partial charge in [-0.25, -0.2) is 0 Å². The minimum absolute atomic E-state index is 0. The third-order valence-corrected chi connectivity index (χ3v) is 4.70. The Bertz CT molecular complexity index is 721. The van der Waals surface area contributed by atoms with Crippen LogP contribution >= 0.6 is 24.2 Å². The first-order chi connectivity index (χ1) is 11.7. The second kappa shape index (κ2) is 9.46. The third-order valence-electron chi connectivity index (χ3n) is 3.76. The number of carbonyl (C=O) groups is 2. The number of hydrogen-bond donors (Lipinski definition) is 3. The lowest BCUT2D eigenvalue weighted by atomic mass is 10.1. The van der Waals surface area contributed by atoms with Crippen molar-refractivity contribution in [2.45, 2.75) is 12.6 Å². The summed E-state index contributed by atoms with van der Waals surface area (Å²) in [5, 5.41) is 8.87. The number of hydrogen-bond acceptors (Lipinski definition) is 4. The Labute approximate surface area is 157 Å². The quantitative estimate of drug-likeness (QED) is 0.749. The van der Waals surface area contributed by atoms with E-state index >= 15 is 0 Å². The third kappa shape index (κ3) is 5.22. The number of anilines is 1. The summed E-state index contributed by atoms with van der Waals surface area (Å²) in [7, 11) is 0. The van der Waals surface area contributed by atoms with Gasteiger partial charge < -0.3 is 10.6 Å². The summed E-state index contributed by atoms with van der Waals surface area (Å²) in [6.45, 7) is 0.447. The zero-order valence-corrected chi connectivity index (χ0v) is 15.2. The molecule has 0 aromatic heterocycles. The van der Waals surface area contributed by atoms with Crippen LogP contribution in [0.1, 0.15) is 15.9 Å². The van der Waals surface area contributed by atoms with Gasteiger partial charge in [0.15, 0.2) is 0 Å². The molecule has 0 radical (unpaired) electrons. The summed E-state index contributed by atoms with van der Waals surface area (Å²) in [6.07, 6.45) is 0. The van der Waals surface area contributed by atoms with E-state index in [1.165, 1.54) is 0 Å². The summed E-state index contributed by atoms with van der Waals surface area (Å²) in [5.41, 5.74) is 2.03. The maximum absolute atomic E-state index is 12.5. The lowest BCUT2D eigenvalue weighted by Crippen LogP contribution is -2.38. The Kier molecular flexibility index (Phi) is 7.31. The van der Waals surface area contributed by atoms with Crippen LogP contribution in [0.15, 0.2) is 54.6 Å². The summed E-state index contributed by atoms with van der Waals surface area (Å²) >= 11 is 1.69. The summed E-state index contributed by atoms with van der Waals surface area (Å²) in [4.78, 5) is 24.7.